The first-order chi connectivity index (χ1) is 7.93. The zero-order chi connectivity index (χ0) is 13.0. The number of nitrogens with one attached hydrogen (secondary N) is 1. The fourth-order valence-corrected chi connectivity index (χ4v) is 1.12. The average molecular weight is 238 g/mol. The maximum atomic E-state index is 11.3. The van der Waals surface area contributed by atoms with Crippen LogP contribution in [0.3, 0.4) is 0 Å². The second-order valence-corrected chi connectivity index (χ2v) is 3.48. The lowest BCUT2D eigenvalue weighted by molar-refractivity contribution is -0.118. The number of ether oxygens (including phenoxy) is 1. The molecule has 7 nitrogen and oxygen atoms in total. The number of hydrogen-bond donors (Lipinski definition) is 2. The lowest BCUT2D eigenvalue weighted by Gasteiger charge is -2.11. The summed E-state index contributed by atoms with van der Waals surface area (Å²) in [6.45, 7) is 3.30. The topological polar surface area (TPSA) is 107 Å². The molecule has 7 heteroatoms. The van der Waals surface area contributed by atoms with Crippen molar-refractivity contribution in [1.82, 2.24) is 9.97 Å². The minimum absolute atomic E-state index is 0.0633. The summed E-state index contributed by atoms with van der Waals surface area (Å²) in [7, 11) is 1.24. The van der Waals surface area contributed by atoms with Crippen LogP contribution >= 0.6 is 0 Å². The normalized spacial score (nSPS) is 11.7. The van der Waals surface area contributed by atoms with E-state index in [0.717, 1.165) is 0 Å². The Hall–Kier alpha value is -2.18. The number of aromatic nitrogens is 2. The van der Waals surface area contributed by atoms with E-state index in [9.17, 15) is 9.59 Å². The molecule has 0 radical (unpaired) electrons. The number of esters is 1. The van der Waals surface area contributed by atoms with Crippen LogP contribution in [0.1, 0.15) is 23.2 Å². The lowest BCUT2D eigenvalue weighted by Crippen LogP contribution is -2.33. The summed E-state index contributed by atoms with van der Waals surface area (Å²) >= 11 is 0. The Labute approximate surface area is 98.4 Å². The summed E-state index contributed by atoms with van der Waals surface area (Å²) in [4.78, 5) is 30.0. The molecule has 0 aromatic carbocycles. The van der Waals surface area contributed by atoms with E-state index in [1.807, 2.05) is 0 Å². The fraction of sp³-hybridized carbons (Fsp3) is 0.400. The van der Waals surface area contributed by atoms with Crippen LogP contribution in [-0.4, -0.2) is 35.0 Å². The van der Waals surface area contributed by atoms with Crippen LogP contribution in [0.4, 0.5) is 5.82 Å². The molecule has 0 spiro atoms. The maximum absolute atomic E-state index is 11.3. The Morgan fingerprint density at radius 1 is 1.47 bits per heavy atom. The number of carbonyl (C=O) groups is 2. The Kier molecular flexibility index (Phi) is 3.97. The van der Waals surface area contributed by atoms with Crippen molar-refractivity contribution in [2.24, 2.45) is 5.73 Å². The van der Waals surface area contributed by atoms with Gasteiger partial charge in [-0.25, -0.2) is 14.8 Å². The Morgan fingerprint density at radius 2 is 2.12 bits per heavy atom. The quantitative estimate of drug-likeness (QED) is 0.707. The summed E-state index contributed by atoms with van der Waals surface area (Å²) in [5.74, 6) is -0.861. The summed E-state index contributed by atoms with van der Waals surface area (Å²) < 4.78 is 4.52. The molecule has 0 saturated carbocycles. The van der Waals surface area contributed by atoms with E-state index in [-0.39, 0.29) is 5.82 Å². The van der Waals surface area contributed by atoms with Crippen LogP contribution < -0.4 is 11.1 Å². The van der Waals surface area contributed by atoms with Crippen molar-refractivity contribution >= 4 is 17.7 Å². The number of nitrogens with zero attached hydrogens (tertiary/aromatic N) is 2. The van der Waals surface area contributed by atoms with Crippen molar-refractivity contribution in [3.8, 4) is 0 Å². The van der Waals surface area contributed by atoms with E-state index in [4.69, 9.17) is 5.73 Å². The summed E-state index contributed by atoms with van der Waals surface area (Å²) in [5, 5.41) is 2.77. The highest BCUT2D eigenvalue weighted by Gasteiger charge is 2.14. The van der Waals surface area contributed by atoms with Gasteiger partial charge >= 0.3 is 5.97 Å². The monoisotopic (exact) mass is 238 g/mol. The fourth-order valence-electron chi connectivity index (χ4n) is 1.12. The molecule has 0 saturated heterocycles. The first-order valence-electron chi connectivity index (χ1n) is 4.94. The van der Waals surface area contributed by atoms with Crippen LogP contribution in [-0.2, 0) is 9.53 Å². The molecule has 0 aliphatic heterocycles. The third-order valence-electron chi connectivity index (χ3n) is 2.01. The molecule has 0 aliphatic carbocycles. The van der Waals surface area contributed by atoms with E-state index in [1.54, 1.807) is 19.9 Å². The summed E-state index contributed by atoms with van der Waals surface area (Å²) in [6.07, 6.45) is 0. The first-order valence-corrected chi connectivity index (χ1v) is 4.94. The SMILES string of the molecule is COC(=O)c1nc(C)cc(NC(C)C(N)=O)n1. The molecule has 0 bridgehead atoms. The Balaban J connectivity index is 2.97. The minimum Gasteiger partial charge on any atom is -0.463 e. The van der Waals surface area contributed by atoms with Gasteiger partial charge in [0.25, 0.3) is 0 Å². The highest BCUT2D eigenvalue weighted by molar-refractivity contribution is 5.86. The van der Waals surface area contributed by atoms with Crippen LogP contribution in [0.15, 0.2) is 6.07 Å². The Morgan fingerprint density at radius 3 is 2.65 bits per heavy atom. The van der Waals surface area contributed by atoms with E-state index in [2.05, 4.69) is 20.0 Å². The van der Waals surface area contributed by atoms with Crippen molar-refractivity contribution in [2.75, 3.05) is 12.4 Å². The van der Waals surface area contributed by atoms with E-state index in [0.29, 0.717) is 11.5 Å². The smallest absolute Gasteiger partial charge is 0.376 e. The second kappa shape index (κ2) is 5.24. The number of carbonyl (C=O) groups excluding carboxylic acids is 2. The van der Waals surface area contributed by atoms with Gasteiger partial charge in [-0.1, -0.05) is 0 Å². The molecular weight excluding hydrogens is 224 g/mol. The number of aryl methyl sites for hydroxylation is 1. The minimum atomic E-state index is -0.636. The van der Waals surface area contributed by atoms with Gasteiger partial charge in [-0.15, -0.1) is 0 Å². The van der Waals surface area contributed by atoms with Crippen molar-refractivity contribution in [3.63, 3.8) is 0 Å². The van der Waals surface area contributed by atoms with Gasteiger partial charge in [0.05, 0.1) is 7.11 Å². The molecular formula is C10H14N4O3. The number of rotatable bonds is 4. The van der Waals surface area contributed by atoms with Crippen molar-refractivity contribution in [1.29, 1.82) is 0 Å². The van der Waals surface area contributed by atoms with Crippen LogP contribution in [0.2, 0.25) is 0 Å². The molecule has 1 aromatic rings. The van der Waals surface area contributed by atoms with Gasteiger partial charge in [0.1, 0.15) is 11.9 Å². The molecule has 1 aromatic heterocycles. The van der Waals surface area contributed by atoms with Gasteiger partial charge in [0, 0.05) is 11.8 Å². The summed E-state index contributed by atoms with van der Waals surface area (Å²) in [6, 6.07) is 1.01. The van der Waals surface area contributed by atoms with Crippen LogP contribution in [0.5, 0.6) is 0 Å². The predicted octanol–water partition coefficient (Wildman–Crippen LogP) is -0.143. The summed E-state index contributed by atoms with van der Waals surface area (Å²) in [5.41, 5.74) is 5.69. The zero-order valence-electron chi connectivity index (χ0n) is 9.85. The van der Waals surface area contributed by atoms with Crippen molar-refractivity contribution in [3.05, 3.63) is 17.6 Å². The molecule has 1 heterocycles. The zero-order valence-corrected chi connectivity index (χ0v) is 9.85. The Bertz CT molecular complexity index is 447. The molecule has 92 valence electrons. The number of amides is 1. The molecule has 1 amide bonds. The molecule has 1 unspecified atom stereocenters. The van der Waals surface area contributed by atoms with Crippen molar-refractivity contribution < 1.29 is 14.3 Å². The van der Waals surface area contributed by atoms with Crippen molar-refractivity contribution in [2.45, 2.75) is 19.9 Å². The van der Waals surface area contributed by atoms with Crippen LogP contribution in [0.25, 0.3) is 0 Å². The number of hydrogen-bond acceptors (Lipinski definition) is 6. The molecule has 1 rings (SSSR count). The van der Waals surface area contributed by atoms with E-state index >= 15 is 0 Å². The average Bonchev–Trinajstić information content (AvgIpc) is 2.26. The van der Waals surface area contributed by atoms with Gasteiger partial charge in [0.15, 0.2) is 0 Å². The molecule has 3 N–H and O–H groups in total. The molecule has 0 fully saturated rings. The molecule has 0 aliphatic rings. The van der Waals surface area contributed by atoms with E-state index in [1.165, 1.54) is 7.11 Å². The number of primary amides is 1. The number of anilines is 1. The molecule has 1 atom stereocenters. The van der Waals surface area contributed by atoms with Gasteiger partial charge in [-0.3, -0.25) is 4.79 Å². The third-order valence-corrected chi connectivity index (χ3v) is 2.01. The highest BCUT2D eigenvalue weighted by Crippen LogP contribution is 2.08. The van der Waals surface area contributed by atoms with Gasteiger partial charge in [-0.05, 0) is 13.8 Å². The third kappa shape index (κ3) is 3.40. The van der Waals surface area contributed by atoms with E-state index < -0.39 is 17.9 Å². The van der Waals surface area contributed by atoms with Crippen LogP contribution in [0, 0.1) is 6.92 Å². The largest absolute Gasteiger partial charge is 0.463 e. The standard InChI is InChI=1S/C10H14N4O3/c1-5-4-7(13-6(2)8(11)15)14-9(12-5)10(16)17-3/h4,6H,1-3H3,(H2,11,15)(H,12,13,14). The van der Waals surface area contributed by atoms with Gasteiger partial charge in [0.2, 0.25) is 11.7 Å². The number of methoxy groups -OCH3 is 1. The second-order valence-electron chi connectivity index (χ2n) is 3.48. The predicted molar refractivity (Wildman–Crippen MR) is 60.4 cm³/mol. The number of nitrogens with two attached hydrogens (primary N) is 1. The highest BCUT2D eigenvalue weighted by atomic mass is 16.5. The van der Waals surface area contributed by atoms with Gasteiger partial charge in [-0.2, -0.15) is 0 Å². The first kappa shape index (κ1) is 12.9. The lowest BCUT2D eigenvalue weighted by atomic mass is 10.3. The molecule has 17 heavy (non-hydrogen) atoms. The van der Waals surface area contributed by atoms with Gasteiger partial charge < -0.3 is 15.8 Å². The maximum Gasteiger partial charge on any atom is 0.376 e.